The van der Waals surface area contributed by atoms with Crippen molar-refractivity contribution in [3.63, 3.8) is 0 Å². The van der Waals surface area contributed by atoms with E-state index >= 15 is 0 Å². The van der Waals surface area contributed by atoms with Gasteiger partial charge in [-0.2, -0.15) is 0 Å². The number of rotatable bonds is 7. The van der Waals surface area contributed by atoms with E-state index in [1.165, 1.54) is 17.0 Å². The van der Waals surface area contributed by atoms with E-state index in [4.69, 9.17) is 0 Å². The van der Waals surface area contributed by atoms with Gasteiger partial charge in [-0.3, -0.25) is 9.69 Å². The molecule has 0 amide bonds. The molecule has 2 aromatic rings. The van der Waals surface area contributed by atoms with E-state index in [0.29, 0.717) is 13.0 Å². The van der Waals surface area contributed by atoms with Crippen molar-refractivity contribution in [2.75, 3.05) is 20.1 Å². The van der Waals surface area contributed by atoms with Gasteiger partial charge in [-0.15, -0.1) is 11.3 Å². The molecule has 2 nitrogen and oxygen atoms in total. The minimum atomic E-state index is -0.269. The fourth-order valence-electron chi connectivity index (χ4n) is 2.02. The van der Waals surface area contributed by atoms with Crippen LogP contribution in [0, 0.1) is 5.82 Å². The molecule has 0 aliphatic heterocycles. The molecule has 0 saturated heterocycles. The van der Waals surface area contributed by atoms with Crippen molar-refractivity contribution < 1.29 is 9.18 Å². The fourth-order valence-corrected chi connectivity index (χ4v) is 2.72. The average Bonchev–Trinajstić information content (AvgIpc) is 2.92. The molecule has 0 N–H and O–H groups in total. The largest absolute Gasteiger partial charge is 0.299 e. The minimum absolute atomic E-state index is 0.158. The number of carbonyl (C=O) groups is 1. The van der Waals surface area contributed by atoms with Crippen LogP contribution in [-0.4, -0.2) is 30.8 Å². The van der Waals surface area contributed by atoms with Crippen LogP contribution < -0.4 is 0 Å². The molecule has 0 aliphatic carbocycles. The summed E-state index contributed by atoms with van der Waals surface area (Å²) in [7, 11) is 1.95. The molecule has 0 atom stereocenters. The maximum atomic E-state index is 12.8. The highest BCUT2D eigenvalue weighted by Crippen LogP contribution is 2.09. The Morgan fingerprint density at radius 1 is 1.25 bits per heavy atom. The molecule has 0 spiro atoms. The van der Waals surface area contributed by atoms with E-state index in [1.54, 1.807) is 23.5 Å². The first kappa shape index (κ1) is 14.9. The lowest BCUT2D eigenvalue weighted by Gasteiger charge is -2.15. The van der Waals surface area contributed by atoms with E-state index in [2.05, 4.69) is 11.4 Å². The molecule has 0 saturated carbocycles. The first-order valence-electron chi connectivity index (χ1n) is 6.60. The Balaban J connectivity index is 1.74. The van der Waals surface area contributed by atoms with Gasteiger partial charge in [0.2, 0.25) is 0 Å². The van der Waals surface area contributed by atoms with Gasteiger partial charge in [0.05, 0.1) is 6.54 Å². The Labute approximate surface area is 122 Å². The van der Waals surface area contributed by atoms with Crippen LogP contribution in [0.15, 0.2) is 41.8 Å². The molecule has 1 aromatic carbocycles. The highest BCUT2D eigenvalue weighted by Gasteiger charge is 2.08. The zero-order valence-electron chi connectivity index (χ0n) is 11.5. The zero-order chi connectivity index (χ0) is 14.4. The van der Waals surface area contributed by atoms with Crippen LogP contribution in [0.2, 0.25) is 0 Å². The van der Waals surface area contributed by atoms with Crippen LogP contribution in [0.5, 0.6) is 0 Å². The summed E-state index contributed by atoms with van der Waals surface area (Å²) in [5.74, 6) is -0.112. The van der Waals surface area contributed by atoms with Gasteiger partial charge in [0.15, 0.2) is 5.78 Å². The van der Waals surface area contributed by atoms with Gasteiger partial charge < -0.3 is 0 Å². The molecular formula is C16H18FNOS. The van der Waals surface area contributed by atoms with Gasteiger partial charge in [-0.25, -0.2) is 4.39 Å². The highest BCUT2D eigenvalue weighted by atomic mass is 32.1. The van der Waals surface area contributed by atoms with E-state index < -0.39 is 0 Å². The summed E-state index contributed by atoms with van der Waals surface area (Å²) in [5.41, 5.74) is 0.864. The number of ketones is 1. The second kappa shape index (κ2) is 7.31. The van der Waals surface area contributed by atoms with Crippen LogP contribution in [0.25, 0.3) is 0 Å². The van der Waals surface area contributed by atoms with Gasteiger partial charge >= 0.3 is 0 Å². The molecule has 0 fully saturated rings. The number of halogens is 1. The third-order valence-corrected chi connectivity index (χ3v) is 4.02. The molecular weight excluding hydrogens is 273 g/mol. The Kier molecular flexibility index (Phi) is 5.44. The zero-order valence-corrected chi connectivity index (χ0v) is 12.3. The Morgan fingerprint density at radius 2 is 2.00 bits per heavy atom. The number of thiophene rings is 1. The van der Waals surface area contributed by atoms with Gasteiger partial charge in [0, 0.05) is 17.8 Å². The molecule has 20 heavy (non-hydrogen) atoms. The summed E-state index contributed by atoms with van der Waals surface area (Å²) in [6.45, 7) is 1.30. The first-order chi connectivity index (χ1) is 9.63. The lowest BCUT2D eigenvalue weighted by Crippen LogP contribution is -2.28. The maximum absolute atomic E-state index is 12.8. The summed E-state index contributed by atoms with van der Waals surface area (Å²) in [6.07, 6.45) is 1.33. The standard InChI is InChI=1S/C16H18FNOS/c1-18(9-8-16-3-2-10-20-16)12-15(19)11-13-4-6-14(17)7-5-13/h2-7,10H,8-9,11-12H2,1H3. The van der Waals surface area contributed by atoms with Gasteiger partial charge in [-0.1, -0.05) is 18.2 Å². The average molecular weight is 291 g/mol. The number of carbonyl (C=O) groups excluding carboxylic acids is 1. The Morgan fingerprint density at radius 3 is 2.65 bits per heavy atom. The molecule has 1 heterocycles. The number of likely N-dealkylation sites (N-methyl/N-ethyl adjacent to an activating group) is 1. The molecule has 4 heteroatoms. The Hall–Kier alpha value is -1.52. The summed E-state index contributed by atoms with van der Waals surface area (Å²) < 4.78 is 12.8. The van der Waals surface area contributed by atoms with Gasteiger partial charge in [0.1, 0.15) is 5.82 Å². The summed E-state index contributed by atoms with van der Waals surface area (Å²) in [6, 6.07) is 10.3. The van der Waals surface area contributed by atoms with E-state index in [0.717, 1.165) is 18.5 Å². The smallest absolute Gasteiger partial charge is 0.151 e. The predicted molar refractivity (Wildman–Crippen MR) is 80.6 cm³/mol. The fraction of sp³-hybridized carbons (Fsp3) is 0.312. The van der Waals surface area contributed by atoms with Crippen LogP contribution in [0.1, 0.15) is 10.4 Å². The lowest BCUT2D eigenvalue weighted by molar-refractivity contribution is -0.119. The highest BCUT2D eigenvalue weighted by molar-refractivity contribution is 7.09. The van der Waals surface area contributed by atoms with Gasteiger partial charge in [0.25, 0.3) is 0 Å². The molecule has 0 bridgehead atoms. The van der Waals surface area contributed by atoms with Crippen molar-refractivity contribution in [1.29, 1.82) is 0 Å². The topological polar surface area (TPSA) is 20.3 Å². The van der Waals surface area contributed by atoms with Crippen LogP contribution in [-0.2, 0) is 17.6 Å². The maximum Gasteiger partial charge on any atom is 0.151 e. The third-order valence-electron chi connectivity index (χ3n) is 3.08. The number of hydrogen-bond donors (Lipinski definition) is 0. The van der Waals surface area contributed by atoms with Crippen molar-refractivity contribution in [3.8, 4) is 0 Å². The van der Waals surface area contributed by atoms with E-state index in [1.807, 2.05) is 18.0 Å². The SMILES string of the molecule is CN(CCc1cccs1)CC(=O)Cc1ccc(F)cc1. The van der Waals surface area contributed by atoms with Crippen molar-refractivity contribution in [1.82, 2.24) is 4.90 Å². The van der Waals surface area contributed by atoms with Crippen molar-refractivity contribution in [2.45, 2.75) is 12.8 Å². The van der Waals surface area contributed by atoms with E-state index in [-0.39, 0.29) is 11.6 Å². The molecule has 2 rings (SSSR count). The second-order valence-electron chi connectivity index (χ2n) is 4.91. The second-order valence-corrected chi connectivity index (χ2v) is 5.94. The molecule has 0 aliphatic rings. The van der Waals surface area contributed by atoms with Crippen LogP contribution in [0.4, 0.5) is 4.39 Å². The lowest BCUT2D eigenvalue weighted by atomic mass is 10.1. The summed E-state index contributed by atoms with van der Waals surface area (Å²) in [5, 5.41) is 2.06. The van der Waals surface area contributed by atoms with Crippen molar-refractivity contribution in [2.24, 2.45) is 0 Å². The third kappa shape index (κ3) is 4.87. The molecule has 0 unspecified atom stereocenters. The number of benzene rings is 1. The van der Waals surface area contributed by atoms with Crippen LogP contribution >= 0.6 is 11.3 Å². The van der Waals surface area contributed by atoms with E-state index in [9.17, 15) is 9.18 Å². The Bertz CT molecular complexity index is 536. The molecule has 0 radical (unpaired) electrons. The number of nitrogens with zero attached hydrogens (tertiary/aromatic N) is 1. The van der Waals surface area contributed by atoms with Crippen LogP contribution in [0.3, 0.4) is 0 Å². The number of Topliss-reactive ketones (excluding diaryl/α,β-unsaturated/α-hetero) is 1. The first-order valence-corrected chi connectivity index (χ1v) is 7.48. The summed E-state index contributed by atoms with van der Waals surface area (Å²) in [4.78, 5) is 15.3. The molecule has 1 aromatic heterocycles. The predicted octanol–water partition coefficient (Wildman–Crippen LogP) is 3.17. The van der Waals surface area contributed by atoms with Gasteiger partial charge in [-0.05, 0) is 42.6 Å². The summed E-state index contributed by atoms with van der Waals surface area (Å²) >= 11 is 1.74. The molecule has 106 valence electrons. The minimum Gasteiger partial charge on any atom is -0.299 e. The quantitative estimate of drug-likeness (QED) is 0.781. The normalized spacial score (nSPS) is 10.9. The van der Waals surface area contributed by atoms with Crippen molar-refractivity contribution in [3.05, 3.63) is 58.0 Å². The van der Waals surface area contributed by atoms with Crippen molar-refractivity contribution >= 4 is 17.1 Å². The monoisotopic (exact) mass is 291 g/mol. The number of hydrogen-bond acceptors (Lipinski definition) is 3.